The molecule has 0 aliphatic carbocycles. The van der Waals surface area contributed by atoms with E-state index in [0.29, 0.717) is 41.3 Å². The van der Waals surface area contributed by atoms with Crippen molar-refractivity contribution in [2.24, 2.45) is 40.9 Å². The van der Waals surface area contributed by atoms with Gasteiger partial charge in [-0.1, -0.05) is 90.0 Å². The lowest BCUT2D eigenvalue weighted by molar-refractivity contribution is 0.123. The minimum atomic E-state index is -2.05. The Labute approximate surface area is 270 Å². The third-order valence-electron chi connectivity index (χ3n) is 8.89. The largest absolute Gasteiger partial charge is 0.316 e. The van der Waals surface area contributed by atoms with Gasteiger partial charge >= 0.3 is 0 Å². The van der Waals surface area contributed by atoms with Crippen LogP contribution in [0.15, 0.2) is 0 Å². The first-order valence-electron chi connectivity index (χ1n) is 18.1. The molecular weight excluding hydrogens is 549 g/mol. The summed E-state index contributed by atoms with van der Waals surface area (Å²) in [7, 11) is -2.05. The van der Waals surface area contributed by atoms with E-state index in [1.165, 1.54) is 58.9 Å². The zero-order valence-electron chi connectivity index (χ0n) is 31.2. The van der Waals surface area contributed by atoms with E-state index in [0.717, 1.165) is 32.7 Å². The van der Waals surface area contributed by atoms with Gasteiger partial charge in [-0.25, -0.2) is 0 Å². The lowest BCUT2D eigenvalue weighted by Crippen LogP contribution is -2.67. The molecule has 0 aromatic rings. The van der Waals surface area contributed by atoms with Gasteiger partial charge in [0.25, 0.3) is 0 Å². The van der Waals surface area contributed by atoms with E-state index < -0.39 is 7.71 Å². The van der Waals surface area contributed by atoms with Crippen molar-refractivity contribution < 1.29 is 0 Å². The molecule has 3 heterocycles. The summed E-state index contributed by atoms with van der Waals surface area (Å²) in [5.74, 6) is 4.14. The van der Waals surface area contributed by atoms with Gasteiger partial charge in [-0.15, -0.1) is 14.0 Å². The number of hydrogen-bond donors (Lipinski definition) is 3. The fourth-order valence-corrected chi connectivity index (χ4v) is 13.4. The van der Waals surface area contributed by atoms with Crippen LogP contribution in [0.5, 0.6) is 0 Å². The minimum absolute atomic E-state index is 0.0320. The highest BCUT2D eigenvalue weighted by molar-refractivity contribution is 7.69. The number of nitrogens with zero attached hydrogens (tertiary/aromatic N) is 4. The summed E-state index contributed by atoms with van der Waals surface area (Å²) in [4.78, 5) is 2.77. The predicted molar refractivity (Wildman–Crippen MR) is 193 cm³/mol. The van der Waals surface area contributed by atoms with Crippen molar-refractivity contribution in [1.82, 2.24) is 34.9 Å². The zero-order chi connectivity index (χ0) is 32.4. The molecule has 1 atom stereocenters. The van der Waals surface area contributed by atoms with Crippen molar-refractivity contribution >= 4 is 7.71 Å². The van der Waals surface area contributed by atoms with Crippen molar-refractivity contribution in [3.05, 3.63) is 0 Å². The molecule has 3 aliphatic rings. The molecule has 3 fully saturated rings. The van der Waals surface area contributed by atoms with E-state index in [-0.39, 0.29) is 5.41 Å². The third kappa shape index (κ3) is 11.7. The second-order valence-corrected chi connectivity index (χ2v) is 20.2. The maximum atomic E-state index is 4.44. The van der Waals surface area contributed by atoms with Crippen LogP contribution in [-0.4, -0.2) is 116 Å². The average molecular weight is 627 g/mol. The Balaban J connectivity index is 2.91. The first-order valence-corrected chi connectivity index (χ1v) is 19.9. The number of rotatable bonds is 19. The Bertz CT molecular complexity index is 687. The van der Waals surface area contributed by atoms with Gasteiger partial charge in [-0.3, -0.25) is 10.2 Å². The summed E-state index contributed by atoms with van der Waals surface area (Å²) in [5.41, 5.74) is 0.0320. The van der Waals surface area contributed by atoms with Crippen LogP contribution in [0, 0.1) is 40.9 Å². The molecule has 8 heteroatoms. The molecule has 0 radical (unpaired) electrons. The summed E-state index contributed by atoms with van der Waals surface area (Å²) in [6, 6.07) is 0. The summed E-state index contributed by atoms with van der Waals surface area (Å²) in [6.07, 6.45) is 0. The molecule has 1 unspecified atom stereocenters. The topological polar surface area (TPSA) is 49.1 Å². The molecule has 0 aromatic heterocycles. The lowest BCUT2D eigenvalue weighted by Gasteiger charge is -2.58. The number of hydrogen-bond acceptors (Lipinski definition) is 7. The van der Waals surface area contributed by atoms with E-state index in [1.807, 2.05) is 0 Å². The summed E-state index contributed by atoms with van der Waals surface area (Å²) >= 11 is 0. The molecule has 2 bridgehead atoms. The van der Waals surface area contributed by atoms with Gasteiger partial charge < -0.3 is 10.6 Å². The number of fused-ring (bicyclic) bond motifs is 6. The Kier molecular flexibility index (Phi) is 16.9. The molecule has 3 saturated heterocycles. The van der Waals surface area contributed by atoms with Crippen LogP contribution >= 0.6 is 7.71 Å². The SMILES string of the molecule is CC(C)CNCC(C)(CNCC(C)C)C(NCC(C)C)[P+]12N(CC(C)C)CCN(CCN1CC(C)C)CCN2CC(C)C. The fraction of sp³-hybridized carbons (Fsp3) is 1.00. The van der Waals surface area contributed by atoms with Crippen LogP contribution in [0.4, 0.5) is 0 Å². The highest BCUT2D eigenvalue weighted by atomic mass is 31.2. The van der Waals surface area contributed by atoms with Crippen LogP contribution in [0.2, 0.25) is 0 Å². The summed E-state index contributed by atoms with van der Waals surface area (Å²) in [6.45, 7) is 47.3. The molecule has 3 N–H and O–H groups in total. The second-order valence-electron chi connectivity index (χ2n) is 16.8. The van der Waals surface area contributed by atoms with Gasteiger partial charge in [0.1, 0.15) is 0 Å². The van der Waals surface area contributed by atoms with E-state index in [1.54, 1.807) is 0 Å². The van der Waals surface area contributed by atoms with Crippen molar-refractivity contribution in [2.75, 3.05) is 91.6 Å². The maximum absolute atomic E-state index is 4.44. The van der Waals surface area contributed by atoms with Crippen molar-refractivity contribution in [1.29, 1.82) is 0 Å². The predicted octanol–water partition coefficient (Wildman–Crippen LogP) is 6.02. The normalized spacial score (nSPS) is 24.2. The van der Waals surface area contributed by atoms with Gasteiger partial charge in [0.2, 0.25) is 7.71 Å². The number of nitrogens with one attached hydrogen (secondary N) is 3. The average Bonchev–Trinajstić information content (AvgIpc) is 2.85. The quantitative estimate of drug-likeness (QED) is 0.152. The first-order chi connectivity index (χ1) is 20.1. The van der Waals surface area contributed by atoms with Crippen LogP contribution in [0.25, 0.3) is 0 Å². The molecule has 7 nitrogen and oxygen atoms in total. The van der Waals surface area contributed by atoms with E-state index >= 15 is 0 Å². The van der Waals surface area contributed by atoms with Gasteiger partial charge in [-0.05, 0) is 48.6 Å². The summed E-state index contributed by atoms with van der Waals surface area (Å²) in [5, 5.41) is 12.5. The second kappa shape index (κ2) is 18.5. The lowest BCUT2D eigenvalue weighted by atomic mass is 9.89. The van der Waals surface area contributed by atoms with Crippen molar-refractivity contribution in [3.8, 4) is 0 Å². The molecule has 3 aliphatic heterocycles. The highest BCUT2D eigenvalue weighted by Gasteiger charge is 2.67. The monoisotopic (exact) mass is 627 g/mol. The Morgan fingerprint density at radius 3 is 1.16 bits per heavy atom. The van der Waals surface area contributed by atoms with Crippen LogP contribution < -0.4 is 16.0 Å². The summed E-state index contributed by atoms with van der Waals surface area (Å²) < 4.78 is 9.23. The molecule has 0 spiro atoms. The molecular formula is C35H77N7P+. The van der Waals surface area contributed by atoms with Gasteiger partial charge in [-0.2, -0.15) is 0 Å². The molecule has 0 saturated carbocycles. The molecule has 3 rings (SSSR count). The van der Waals surface area contributed by atoms with Crippen LogP contribution in [0.3, 0.4) is 0 Å². The fourth-order valence-electron chi connectivity index (χ4n) is 7.16. The van der Waals surface area contributed by atoms with Gasteiger partial charge in [0.15, 0.2) is 5.78 Å². The molecule has 43 heavy (non-hydrogen) atoms. The minimum Gasteiger partial charge on any atom is -0.316 e. The van der Waals surface area contributed by atoms with E-state index in [2.05, 4.69) is 125 Å². The van der Waals surface area contributed by atoms with Crippen molar-refractivity contribution in [2.45, 2.75) is 95.8 Å². The van der Waals surface area contributed by atoms with E-state index in [9.17, 15) is 0 Å². The van der Waals surface area contributed by atoms with E-state index in [4.69, 9.17) is 0 Å². The maximum Gasteiger partial charge on any atom is 0.246 e. The third-order valence-corrected chi connectivity index (χ3v) is 14.0. The van der Waals surface area contributed by atoms with Gasteiger partial charge in [0.05, 0.1) is 0 Å². The Morgan fingerprint density at radius 1 is 0.512 bits per heavy atom. The molecule has 0 aromatic carbocycles. The van der Waals surface area contributed by atoms with Crippen molar-refractivity contribution in [3.63, 3.8) is 0 Å². The van der Waals surface area contributed by atoms with Gasteiger partial charge in [0, 0.05) is 84.0 Å². The Hall–Kier alpha value is 0.150. The Morgan fingerprint density at radius 2 is 0.860 bits per heavy atom. The molecule has 0 amide bonds. The highest BCUT2D eigenvalue weighted by Crippen LogP contribution is 2.74. The van der Waals surface area contributed by atoms with Crippen LogP contribution in [-0.2, 0) is 0 Å². The smallest absolute Gasteiger partial charge is 0.246 e. The van der Waals surface area contributed by atoms with Crippen LogP contribution in [0.1, 0.15) is 90.0 Å². The first kappa shape index (κ1) is 39.3. The standard InChI is InChI=1S/C35H77N7P/c1-28(2)20-36-26-35(13,27-37-21-29(3)4)34(38-22-30(5)6)43-40(23-31(7)8)17-14-39(15-18-41(43)24-32(9)10)16-19-42(43)25-33(11)12/h28-34,36-38H,14-27H2,1-13H3/q+1. The molecule has 256 valence electrons. The zero-order valence-corrected chi connectivity index (χ0v) is 32.1.